The molecule has 0 fully saturated rings. The Labute approximate surface area is 113 Å². The van der Waals surface area contributed by atoms with Crippen LogP contribution in [0.1, 0.15) is 12.5 Å². The van der Waals surface area contributed by atoms with Gasteiger partial charge >= 0.3 is 0 Å². The van der Waals surface area contributed by atoms with Crippen LogP contribution in [0.2, 0.25) is 0 Å². The fraction of sp³-hybridized carbons (Fsp3) is 0.188. The van der Waals surface area contributed by atoms with Gasteiger partial charge in [0, 0.05) is 6.92 Å². The topological polar surface area (TPSA) is 29.5 Å². The molecule has 2 aromatic rings. The molecule has 0 saturated heterocycles. The lowest BCUT2D eigenvalue weighted by Gasteiger charge is -2.24. The highest BCUT2D eigenvalue weighted by Gasteiger charge is 2.18. The van der Waals surface area contributed by atoms with Crippen LogP contribution in [0.15, 0.2) is 48.5 Å². The summed E-state index contributed by atoms with van der Waals surface area (Å²) in [5.41, 5.74) is 2.68. The molecule has 0 heterocycles. The van der Waals surface area contributed by atoms with E-state index in [1.165, 1.54) is 0 Å². The lowest BCUT2D eigenvalue weighted by Crippen LogP contribution is -2.24. The van der Waals surface area contributed by atoms with Gasteiger partial charge in [-0.2, -0.15) is 0 Å². The molecule has 2 aromatic carbocycles. The summed E-state index contributed by atoms with van der Waals surface area (Å²) in [4.78, 5) is 13.7. The van der Waals surface area contributed by atoms with E-state index in [1.807, 2.05) is 55.5 Å². The van der Waals surface area contributed by atoms with Crippen LogP contribution in [0.3, 0.4) is 0 Å². The van der Waals surface area contributed by atoms with Crippen LogP contribution >= 0.6 is 0 Å². The minimum Gasteiger partial charge on any atom is -0.495 e. The van der Waals surface area contributed by atoms with Crippen molar-refractivity contribution in [2.24, 2.45) is 0 Å². The third-order valence-corrected chi connectivity index (χ3v) is 3.00. The summed E-state index contributed by atoms with van der Waals surface area (Å²) in [6, 6.07) is 15.3. The number of hydrogen-bond donors (Lipinski definition) is 0. The highest BCUT2D eigenvalue weighted by atomic mass is 16.5. The molecule has 0 bridgehead atoms. The van der Waals surface area contributed by atoms with Crippen molar-refractivity contribution in [3.63, 3.8) is 0 Å². The van der Waals surface area contributed by atoms with E-state index >= 15 is 0 Å². The Kier molecular flexibility index (Phi) is 3.85. The number of hydrogen-bond acceptors (Lipinski definition) is 2. The molecule has 19 heavy (non-hydrogen) atoms. The van der Waals surface area contributed by atoms with E-state index in [0.717, 1.165) is 16.9 Å². The van der Waals surface area contributed by atoms with E-state index in [2.05, 4.69) is 0 Å². The summed E-state index contributed by atoms with van der Waals surface area (Å²) < 4.78 is 5.34. The maximum atomic E-state index is 12.0. The fourth-order valence-electron chi connectivity index (χ4n) is 2.10. The number of carbonyl (C=O) groups is 1. The molecule has 0 radical (unpaired) electrons. The summed E-state index contributed by atoms with van der Waals surface area (Å²) in [6.45, 7) is 3.54. The molecule has 0 spiro atoms. The zero-order valence-electron chi connectivity index (χ0n) is 11.4. The zero-order chi connectivity index (χ0) is 13.8. The molecule has 3 heteroatoms. The Bertz CT molecular complexity index is 593. The summed E-state index contributed by atoms with van der Waals surface area (Å²) >= 11 is 0. The first-order valence-electron chi connectivity index (χ1n) is 6.14. The van der Waals surface area contributed by atoms with Crippen LogP contribution < -0.4 is 9.64 Å². The highest BCUT2D eigenvalue weighted by molar-refractivity contribution is 6.01. The van der Waals surface area contributed by atoms with Crippen LogP contribution in [0.4, 0.5) is 11.4 Å². The maximum absolute atomic E-state index is 12.0. The molecule has 2 rings (SSSR count). The average molecular weight is 255 g/mol. The van der Waals surface area contributed by atoms with Gasteiger partial charge in [0.25, 0.3) is 0 Å². The van der Waals surface area contributed by atoms with Gasteiger partial charge in [0.15, 0.2) is 0 Å². The Morgan fingerprint density at radius 3 is 2.16 bits per heavy atom. The Morgan fingerprint density at radius 2 is 1.58 bits per heavy atom. The minimum atomic E-state index is -0.0428. The second-order valence-electron chi connectivity index (χ2n) is 4.31. The molecule has 0 aromatic heterocycles. The van der Waals surface area contributed by atoms with Gasteiger partial charge in [0.2, 0.25) is 5.91 Å². The normalized spacial score (nSPS) is 10.1. The highest BCUT2D eigenvalue weighted by Crippen LogP contribution is 2.35. The standard InChI is InChI=1S/C16H17NO2/c1-12-8-4-5-9-14(12)17(13(2)18)15-10-6-7-11-16(15)19-3/h4-11H,1-3H3. The number of aryl methyl sites for hydroxylation is 1. The average Bonchev–Trinajstić information content (AvgIpc) is 2.41. The van der Waals surface area contributed by atoms with Crippen LogP contribution in [-0.2, 0) is 4.79 Å². The van der Waals surface area contributed by atoms with Gasteiger partial charge in [0.1, 0.15) is 5.75 Å². The molecule has 0 aliphatic heterocycles. The Balaban J connectivity index is 2.59. The number of rotatable bonds is 3. The molecular formula is C16H17NO2. The van der Waals surface area contributed by atoms with E-state index in [9.17, 15) is 4.79 Å². The van der Waals surface area contributed by atoms with E-state index in [4.69, 9.17) is 4.74 Å². The third-order valence-electron chi connectivity index (χ3n) is 3.00. The van der Waals surface area contributed by atoms with Crippen molar-refractivity contribution in [2.75, 3.05) is 12.0 Å². The number of para-hydroxylation sites is 3. The minimum absolute atomic E-state index is 0.0428. The first-order chi connectivity index (χ1) is 9.15. The van der Waals surface area contributed by atoms with Crippen molar-refractivity contribution in [1.82, 2.24) is 0 Å². The lowest BCUT2D eigenvalue weighted by atomic mass is 10.1. The molecular weight excluding hydrogens is 238 g/mol. The first kappa shape index (κ1) is 13.1. The van der Waals surface area contributed by atoms with Crippen molar-refractivity contribution in [3.8, 4) is 5.75 Å². The predicted octanol–water partition coefficient (Wildman–Crippen LogP) is 3.69. The summed E-state index contributed by atoms with van der Waals surface area (Å²) in [5, 5.41) is 0. The summed E-state index contributed by atoms with van der Waals surface area (Å²) in [5.74, 6) is 0.639. The third kappa shape index (κ3) is 2.60. The van der Waals surface area contributed by atoms with Crippen molar-refractivity contribution in [2.45, 2.75) is 13.8 Å². The van der Waals surface area contributed by atoms with Gasteiger partial charge in [-0.1, -0.05) is 30.3 Å². The lowest BCUT2D eigenvalue weighted by molar-refractivity contribution is -0.115. The van der Waals surface area contributed by atoms with Crippen LogP contribution in [0.25, 0.3) is 0 Å². The van der Waals surface area contributed by atoms with Gasteiger partial charge in [0.05, 0.1) is 18.5 Å². The van der Waals surface area contributed by atoms with Crippen molar-refractivity contribution in [1.29, 1.82) is 0 Å². The second kappa shape index (κ2) is 5.57. The second-order valence-corrected chi connectivity index (χ2v) is 4.31. The number of methoxy groups -OCH3 is 1. The molecule has 0 atom stereocenters. The van der Waals surface area contributed by atoms with E-state index in [1.54, 1.807) is 18.9 Å². The smallest absolute Gasteiger partial charge is 0.228 e. The summed E-state index contributed by atoms with van der Waals surface area (Å²) in [6.07, 6.45) is 0. The maximum Gasteiger partial charge on any atom is 0.228 e. The van der Waals surface area contributed by atoms with Crippen LogP contribution in [0.5, 0.6) is 5.75 Å². The number of nitrogens with zero attached hydrogens (tertiary/aromatic N) is 1. The molecule has 0 aliphatic carbocycles. The SMILES string of the molecule is COc1ccccc1N(C(C)=O)c1ccccc1C. The Morgan fingerprint density at radius 1 is 1.00 bits per heavy atom. The number of carbonyl (C=O) groups excluding carboxylic acids is 1. The van der Waals surface area contributed by atoms with Gasteiger partial charge in [-0.15, -0.1) is 0 Å². The van der Waals surface area contributed by atoms with Gasteiger partial charge in [-0.25, -0.2) is 0 Å². The van der Waals surface area contributed by atoms with Crippen LogP contribution in [0, 0.1) is 6.92 Å². The number of anilines is 2. The summed E-state index contributed by atoms with van der Waals surface area (Å²) in [7, 11) is 1.61. The largest absolute Gasteiger partial charge is 0.495 e. The molecule has 0 unspecified atom stereocenters. The van der Waals surface area contributed by atoms with E-state index in [-0.39, 0.29) is 5.91 Å². The Hall–Kier alpha value is -2.29. The van der Waals surface area contributed by atoms with Gasteiger partial charge in [-0.05, 0) is 30.7 Å². The fourth-order valence-corrected chi connectivity index (χ4v) is 2.10. The molecule has 0 saturated carbocycles. The molecule has 1 amide bonds. The van der Waals surface area contributed by atoms with E-state index < -0.39 is 0 Å². The monoisotopic (exact) mass is 255 g/mol. The molecule has 0 N–H and O–H groups in total. The van der Waals surface area contributed by atoms with Crippen molar-refractivity contribution < 1.29 is 9.53 Å². The van der Waals surface area contributed by atoms with E-state index in [0.29, 0.717) is 5.75 Å². The number of benzene rings is 2. The molecule has 0 aliphatic rings. The van der Waals surface area contributed by atoms with Gasteiger partial charge < -0.3 is 4.74 Å². The molecule has 98 valence electrons. The number of ether oxygens (including phenoxy) is 1. The zero-order valence-corrected chi connectivity index (χ0v) is 11.4. The predicted molar refractivity (Wildman–Crippen MR) is 77.0 cm³/mol. The number of amides is 1. The van der Waals surface area contributed by atoms with Crippen molar-refractivity contribution >= 4 is 17.3 Å². The first-order valence-corrected chi connectivity index (χ1v) is 6.14. The molecule has 3 nitrogen and oxygen atoms in total. The van der Waals surface area contributed by atoms with Crippen LogP contribution in [-0.4, -0.2) is 13.0 Å². The van der Waals surface area contributed by atoms with Crippen molar-refractivity contribution in [3.05, 3.63) is 54.1 Å². The quantitative estimate of drug-likeness (QED) is 0.837. The van der Waals surface area contributed by atoms with Gasteiger partial charge in [-0.3, -0.25) is 9.69 Å².